The highest BCUT2D eigenvalue weighted by Gasteiger charge is 2.18. The standard InChI is InChI=1S/C14H15FN2O3/c1-16-13(19)9-17(2)14(20)11-6-5-10(4-3-7-18)8-12(11)15/h5-6,8,18H,7,9H2,1-2H3,(H,16,19). The third kappa shape index (κ3) is 4.07. The van der Waals surface area contributed by atoms with E-state index in [1.54, 1.807) is 0 Å². The van der Waals surface area contributed by atoms with Crippen LogP contribution in [-0.2, 0) is 4.79 Å². The summed E-state index contributed by atoms with van der Waals surface area (Å²) in [5, 5.41) is 10.9. The van der Waals surface area contributed by atoms with E-state index < -0.39 is 11.7 Å². The van der Waals surface area contributed by atoms with Crippen LogP contribution < -0.4 is 5.32 Å². The Morgan fingerprint density at radius 2 is 2.15 bits per heavy atom. The van der Waals surface area contributed by atoms with Crippen LogP contribution in [-0.4, -0.2) is 49.1 Å². The first kappa shape index (κ1) is 15.7. The van der Waals surface area contributed by atoms with E-state index in [4.69, 9.17) is 5.11 Å². The SMILES string of the molecule is CNC(=O)CN(C)C(=O)c1ccc(C#CCO)cc1F. The Bertz CT molecular complexity index is 576. The van der Waals surface area contributed by atoms with Crippen molar-refractivity contribution in [3.8, 4) is 11.8 Å². The number of halogens is 1. The van der Waals surface area contributed by atoms with Gasteiger partial charge in [0.25, 0.3) is 5.91 Å². The second-order valence-electron chi connectivity index (χ2n) is 3.99. The summed E-state index contributed by atoms with van der Waals surface area (Å²) in [6.07, 6.45) is 0. The lowest BCUT2D eigenvalue weighted by Gasteiger charge is -2.16. The largest absolute Gasteiger partial charge is 0.384 e. The Labute approximate surface area is 116 Å². The maximum absolute atomic E-state index is 13.8. The predicted molar refractivity (Wildman–Crippen MR) is 71.4 cm³/mol. The zero-order valence-corrected chi connectivity index (χ0v) is 11.2. The Morgan fingerprint density at radius 1 is 1.45 bits per heavy atom. The van der Waals surface area contributed by atoms with E-state index in [2.05, 4.69) is 17.2 Å². The van der Waals surface area contributed by atoms with Gasteiger partial charge in [-0.15, -0.1) is 0 Å². The smallest absolute Gasteiger partial charge is 0.257 e. The molecule has 2 N–H and O–H groups in total. The summed E-state index contributed by atoms with van der Waals surface area (Å²) in [6, 6.07) is 3.90. The highest BCUT2D eigenvalue weighted by Crippen LogP contribution is 2.12. The summed E-state index contributed by atoms with van der Waals surface area (Å²) in [7, 11) is 2.87. The first-order valence-corrected chi connectivity index (χ1v) is 5.85. The van der Waals surface area contributed by atoms with Crippen LogP contribution in [0.4, 0.5) is 4.39 Å². The average molecular weight is 278 g/mol. The molecule has 1 aromatic carbocycles. The second-order valence-corrected chi connectivity index (χ2v) is 3.99. The van der Waals surface area contributed by atoms with Crippen molar-refractivity contribution in [3.05, 3.63) is 35.1 Å². The monoisotopic (exact) mass is 278 g/mol. The lowest BCUT2D eigenvalue weighted by molar-refractivity contribution is -0.121. The minimum atomic E-state index is -0.719. The van der Waals surface area contributed by atoms with E-state index in [1.165, 1.54) is 26.2 Å². The molecule has 0 saturated heterocycles. The molecule has 0 aliphatic carbocycles. The number of rotatable bonds is 3. The van der Waals surface area contributed by atoms with Crippen molar-refractivity contribution in [2.45, 2.75) is 0 Å². The van der Waals surface area contributed by atoms with Crippen LogP contribution in [0.1, 0.15) is 15.9 Å². The van der Waals surface area contributed by atoms with E-state index in [9.17, 15) is 14.0 Å². The third-order valence-corrected chi connectivity index (χ3v) is 2.52. The van der Waals surface area contributed by atoms with Crippen LogP contribution in [0.5, 0.6) is 0 Å². The second kappa shape index (κ2) is 7.26. The molecule has 6 heteroatoms. The van der Waals surface area contributed by atoms with Gasteiger partial charge in [-0.05, 0) is 18.2 Å². The van der Waals surface area contributed by atoms with Crippen LogP contribution in [0.3, 0.4) is 0 Å². The van der Waals surface area contributed by atoms with Crippen LogP contribution in [0.15, 0.2) is 18.2 Å². The summed E-state index contributed by atoms with van der Waals surface area (Å²) in [6.45, 7) is -0.474. The van der Waals surface area contributed by atoms with E-state index in [0.29, 0.717) is 5.56 Å². The van der Waals surface area contributed by atoms with Crippen LogP contribution in [0.2, 0.25) is 0 Å². The van der Waals surface area contributed by atoms with Gasteiger partial charge in [0, 0.05) is 19.7 Å². The van der Waals surface area contributed by atoms with Gasteiger partial charge in [-0.1, -0.05) is 11.8 Å². The molecule has 0 aromatic heterocycles. The summed E-state index contributed by atoms with van der Waals surface area (Å²) >= 11 is 0. The molecule has 106 valence electrons. The van der Waals surface area contributed by atoms with Crippen molar-refractivity contribution in [2.24, 2.45) is 0 Å². The molecular formula is C14H15FN2O3. The van der Waals surface area contributed by atoms with Crippen molar-refractivity contribution >= 4 is 11.8 Å². The number of hydrogen-bond acceptors (Lipinski definition) is 3. The van der Waals surface area contributed by atoms with Crippen molar-refractivity contribution in [1.29, 1.82) is 0 Å². The first-order chi connectivity index (χ1) is 9.49. The number of likely N-dealkylation sites (N-methyl/N-ethyl adjacent to an activating group) is 2. The molecule has 0 fully saturated rings. The molecule has 0 atom stereocenters. The fraction of sp³-hybridized carbons (Fsp3) is 0.286. The summed E-state index contributed by atoms with van der Waals surface area (Å²) in [4.78, 5) is 24.3. The number of aliphatic hydroxyl groups excluding tert-OH is 1. The number of carbonyl (C=O) groups excluding carboxylic acids is 2. The van der Waals surface area contributed by atoms with E-state index in [0.717, 1.165) is 11.0 Å². The third-order valence-electron chi connectivity index (χ3n) is 2.52. The molecule has 2 amide bonds. The van der Waals surface area contributed by atoms with Crippen molar-refractivity contribution < 1.29 is 19.1 Å². The Kier molecular flexibility index (Phi) is 5.69. The number of hydrogen-bond donors (Lipinski definition) is 2. The molecule has 0 bridgehead atoms. The number of benzene rings is 1. The Morgan fingerprint density at radius 3 is 2.70 bits per heavy atom. The highest BCUT2D eigenvalue weighted by atomic mass is 19.1. The lowest BCUT2D eigenvalue weighted by atomic mass is 10.1. The first-order valence-electron chi connectivity index (χ1n) is 5.85. The fourth-order valence-electron chi connectivity index (χ4n) is 1.48. The molecule has 0 spiro atoms. The minimum Gasteiger partial charge on any atom is -0.384 e. The quantitative estimate of drug-likeness (QED) is 0.764. The topological polar surface area (TPSA) is 69.6 Å². The van der Waals surface area contributed by atoms with Gasteiger partial charge in [0.2, 0.25) is 5.91 Å². The van der Waals surface area contributed by atoms with Gasteiger partial charge >= 0.3 is 0 Å². The molecule has 0 aliphatic rings. The Hall–Kier alpha value is -2.39. The number of carbonyl (C=O) groups is 2. The molecule has 0 saturated carbocycles. The number of nitrogens with zero attached hydrogens (tertiary/aromatic N) is 1. The van der Waals surface area contributed by atoms with Gasteiger partial charge in [0.1, 0.15) is 12.4 Å². The van der Waals surface area contributed by atoms with Gasteiger partial charge in [0.05, 0.1) is 12.1 Å². The molecule has 0 unspecified atom stereocenters. The van der Waals surface area contributed by atoms with Gasteiger partial charge in [-0.2, -0.15) is 0 Å². The van der Waals surface area contributed by atoms with Gasteiger partial charge in [-0.3, -0.25) is 9.59 Å². The van der Waals surface area contributed by atoms with E-state index >= 15 is 0 Å². The van der Waals surface area contributed by atoms with Crippen molar-refractivity contribution in [1.82, 2.24) is 10.2 Å². The lowest BCUT2D eigenvalue weighted by Crippen LogP contribution is -2.37. The summed E-state index contributed by atoms with van der Waals surface area (Å²) in [5.74, 6) is 3.28. The van der Waals surface area contributed by atoms with E-state index in [-0.39, 0.29) is 24.6 Å². The fourth-order valence-corrected chi connectivity index (χ4v) is 1.48. The molecular weight excluding hydrogens is 263 g/mol. The maximum Gasteiger partial charge on any atom is 0.257 e. The van der Waals surface area contributed by atoms with E-state index in [1.807, 2.05) is 0 Å². The molecule has 20 heavy (non-hydrogen) atoms. The number of nitrogens with one attached hydrogen (secondary N) is 1. The average Bonchev–Trinajstić information content (AvgIpc) is 2.44. The normalized spacial score (nSPS) is 9.40. The maximum atomic E-state index is 13.8. The molecule has 1 aromatic rings. The molecule has 0 radical (unpaired) electrons. The molecule has 5 nitrogen and oxygen atoms in total. The molecule has 1 rings (SSSR count). The highest BCUT2D eigenvalue weighted by molar-refractivity contribution is 5.96. The summed E-state index contributed by atoms with van der Waals surface area (Å²) < 4.78 is 13.8. The van der Waals surface area contributed by atoms with Crippen molar-refractivity contribution in [2.75, 3.05) is 27.2 Å². The minimum absolute atomic E-state index is 0.133. The number of aliphatic hydroxyl groups is 1. The Balaban J connectivity index is 2.91. The van der Waals surface area contributed by atoms with Crippen molar-refractivity contribution in [3.63, 3.8) is 0 Å². The van der Waals surface area contributed by atoms with Gasteiger partial charge in [0.15, 0.2) is 0 Å². The zero-order chi connectivity index (χ0) is 15.1. The zero-order valence-electron chi connectivity index (χ0n) is 11.2. The molecule has 0 heterocycles. The molecule has 0 aliphatic heterocycles. The van der Waals surface area contributed by atoms with Crippen LogP contribution >= 0.6 is 0 Å². The van der Waals surface area contributed by atoms with Gasteiger partial charge < -0.3 is 15.3 Å². The van der Waals surface area contributed by atoms with Crippen LogP contribution in [0, 0.1) is 17.7 Å². The number of amides is 2. The predicted octanol–water partition coefficient (Wildman–Crippen LogP) is -0.0125. The summed E-state index contributed by atoms with van der Waals surface area (Å²) in [5.41, 5.74) is 0.230. The van der Waals surface area contributed by atoms with Gasteiger partial charge in [-0.25, -0.2) is 4.39 Å². The van der Waals surface area contributed by atoms with Crippen LogP contribution in [0.25, 0.3) is 0 Å².